The van der Waals surface area contributed by atoms with Gasteiger partial charge in [-0.25, -0.2) is 4.79 Å². The van der Waals surface area contributed by atoms with E-state index in [0.717, 1.165) is 16.8 Å². The highest BCUT2D eigenvalue weighted by Crippen LogP contribution is 2.23. The lowest BCUT2D eigenvalue weighted by Crippen LogP contribution is -2.50. The van der Waals surface area contributed by atoms with Gasteiger partial charge in [-0.1, -0.05) is 68.5 Å². The number of esters is 1. The number of aromatic nitrogens is 1. The van der Waals surface area contributed by atoms with Crippen LogP contribution in [0.25, 0.3) is 11.3 Å². The maximum atomic E-state index is 13.5. The number of amides is 3. The van der Waals surface area contributed by atoms with Crippen molar-refractivity contribution in [3.05, 3.63) is 95.7 Å². The summed E-state index contributed by atoms with van der Waals surface area (Å²) in [6.45, 7) is 6.13. The van der Waals surface area contributed by atoms with Crippen molar-refractivity contribution >= 4 is 23.7 Å². The number of H-pyrrole nitrogens is 1. The van der Waals surface area contributed by atoms with Crippen LogP contribution < -0.4 is 16.4 Å². The van der Waals surface area contributed by atoms with Crippen molar-refractivity contribution in [1.29, 1.82) is 0 Å². The molecule has 3 rings (SSSR count). The maximum Gasteiger partial charge on any atom is 0.330 e. The van der Waals surface area contributed by atoms with Crippen LogP contribution in [0.3, 0.4) is 0 Å². The average molecular weight is 559 g/mol. The molecule has 41 heavy (non-hydrogen) atoms. The third-order valence-corrected chi connectivity index (χ3v) is 6.48. The number of hydrogen-bond donors (Lipinski definition) is 4. The van der Waals surface area contributed by atoms with Crippen LogP contribution in [-0.2, 0) is 25.5 Å². The minimum Gasteiger partial charge on any atom is -0.463 e. The van der Waals surface area contributed by atoms with Gasteiger partial charge in [0.05, 0.1) is 6.61 Å². The van der Waals surface area contributed by atoms with Crippen LogP contribution in [0.4, 0.5) is 0 Å². The summed E-state index contributed by atoms with van der Waals surface area (Å²) in [6, 6.07) is 19.3. The Morgan fingerprint density at radius 1 is 0.976 bits per heavy atom. The monoisotopic (exact) mass is 558 g/mol. The number of hydrogen-bond acceptors (Lipinski definition) is 5. The van der Waals surface area contributed by atoms with E-state index in [4.69, 9.17) is 10.5 Å². The van der Waals surface area contributed by atoms with E-state index in [2.05, 4.69) is 41.6 Å². The molecule has 3 amide bonds. The molecule has 0 fully saturated rings. The molecule has 9 heteroatoms. The van der Waals surface area contributed by atoms with Gasteiger partial charge in [-0.15, -0.1) is 0 Å². The van der Waals surface area contributed by atoms with Crippen molar-refractivity contribution in [1.82, 2.24) is 15.6 Å². The summed E-state index contributed by atoms with van der Waals surface area (Å²) >= 11 is 0. The first-order chi connectivity index (χ1) is 19.7. The first-order valence-electron chi connectivity index (χ1n) is 13.7. The summed E-state index contributed by atoms with van der Waals surface area (Å²) in [6.07, 6.45) is 3.07. The summed E-state index contributed by atoms with van der Waals surface area (Å²) in [5.41, 5.74) is 9.40. The molecular formula is C32H38N4O5. The van der Waals surface area contributed by atoms with Gasteiger partial charge in [-0.3, -0.25) is 14.4 Å². The number of carbonyl (C=O) groups is 4. The highest BCUT2D eigenvalue weighted by atomic mass is 16.5. The van der Waals surface area contributed by atoms with E-state index in [9.17, 15) is 19.2 Å². The second-order valence-corrected chi connectivity index (χ2v) is 10.0. The van der Waals surface area contributed by atoms with Crippen LogP contribution in [0.1, 0.15) is 61.1 Å². The fourth-order valence-electron chi connectivity index (χ4n) is 4.24. The molecule has 0 saturated heterocycles. The SMILES string of the molecule is CCOC(=O)/C=C/[C@@H](CCC(N)=O)NC(=O)[C@@H](Cc1ccccc1)NC(=O)c1ccc(-c2cccc(C(C)C)c2)[nH]1. The molecule has 9 nitrogen and oxygen atoms in total. The van der Waals surface area contributed by atoms with Crippen molar-refractivity contribution in [2.45, 2.75) is 58.0 Å². The zero-order valence-corrected chi connectivity index (χ0v) is 23.7. The number of rotatable bonds is 14. The Kier molecular flexibility index (Phi) is 11.5. The highest BCUT2D eigenvalue weighted by molar-refractivity contribution is 5.97. The van der Waals surface area contributed by atoms with E-state index in [1.165, 1.54) is 17.7 Å². The average Bonchev–Trinajstić information content (AvgIpc) is 3.45. The van der Waals surface area contributed by atoms with E-state index in [-0.39, 0.29) is 25.9 Å². The smallest absolute Gasteiger partial charge is 0.330 e. The Morgan fingerprint density at radius 2 is 1.73 bits per heavy atom. The van der Waals surface area contributed by atoms with Gasteiger partial charge < -0.3 is 26.1 Å². The zero-order chi connectivity index (χ0) is 29.8. The zero-order valence-electron chi connectivity index (χ0n) is 23.7. The number of ether oxygens (including phenoxy) is 1. The molecule has 2 aromatic carbocycles. The fourth-order valence-corrected chi connectivity index (χ4v) is 4.24. The van der Waals surface area contributed by atoms with E-state index in [1.807, 2.05) is 48.5 Å². The lowest BCUT2D eigenvalue weighted by atomic mass is 10.00. The molecule has 5 N–H and O–H groups in total. The molecular weight excluding hydrogens is 520 g/mol. The number of aromatic amines is 1. The van der Waals surface area contributed by atoms with E-state index in [0.29, 0.717) is 11.6 Å². The Balaban J connectivity index is 1.80. The number of nitrogens with one attached hydrogen (secondary N) is 3. The minimum absolute atomic E-state index is 0.00289. The standard InChI is InChI=1S/C32H38N4O5/c1-4-41-30(38)18-14-25(13-17-29(33)37)34-32(40)28(19-22-9-6-5-7-10-22)36-31(39)27-16-15-26(35-27)24-12-8-11-23(20-24)21(2)3/h5-12,14-16,18,20-21,25,28,35H,4,13,17,19H2,1-3H3,(H2,33,37)(H,34,40)(H,36,39)/b18-14+/t25-,28-/m1/s1. The summed E-state index contributed by atoms with van der Waals surface area (Å²) < 4.78 is 4.91. The van der Waals surface area contributed by atoms with Crippen molar-refractivity contribution < 1.29 is 23.9 Å². The number of benzene rings is 2. The van der Waals surface area contributed by atoms with Crippen LogP contribution in [0.5, 0.6) is 0 Å². The Hall–Kier alpha value is -4.66. The quantitative estimate of drug-likeness (QED) is 0.175. The predicted molar refractivity (Wildman–Crippen MR) is 158 cm³/mol. The van der Waals surface area contributed by atoms with Crippen molar-refractivity contribution in [2.75, 3.05) is 6.61 Å². The van der Waals surface area contributed by atoms with Gasteiger partial charge in [0.25, 0.3) is 5.91 Å². The lowest BCUT2D eigenvalue weighted by Gasteiger charge is -2.22. The van der Waals surface area contributed by atoms with Gasteiger partial charge in [0, 0.05) is 30.7 Å². The van der Waals surface area contributed by atoms with Crippen molar-refractivity contribution in [3.8, 4) is 11.3 Å². The molecule has 0 radical (unpaired) electrons. The maximum absolute atomic E-state index is 13.5. The van der Waals surface area contributed by atoms with E-state index in [1.54, 1.807) is 13.0 Å². The molecule has 0 aliphatic carbocycles. The van der Waals surface area contributed by atoms with Gasteiger partial charge in [-0.05, 0) is 54.2 Å². The van der Waals surface area contributed by atoms with Gasteiger partial charge in [0.1, 0.15) is 11.7 Å². The molecule has 0 bridgehead atoms. The second-order valence-electron chi connectivity index (χ2n) is 10.0. The molecule has 0 unspecified atom stereocenters. The first-order valence-corrected chi connectivity index (χ1v) is 13.7. The Labute approximate surface area is 240 Å². The molecule has 0 aliphatic heterocycles. The third kappa shape index (κ3) is 9.79. The lowest BCUT2D eigenvalue weighted by molar-refractivity contribution is -0.137. The topological polar surface area (TPSA) is 143 Å². The molecule has 2 atom stereocenters. The highest BCUT2D eigenvalue weighted by Gasteiger charge is 2.25. The summed E-state index contributed by atoms with van der Waals surface area (Å²) in [5.74, 6) is -1.65. The van der Waals surface area contributed by atoms with Gasteiger partial charge in [-0.2, -0.15) is 0 Å². The van der Waals surface area contributed by atoms with Gasteiger partial charge >= 0.3 is 5.97 Å². The van der Waals surface area contributed by atoms with Gasteiger partial charge in [0.2, 0.25) is 11.8 Å². The summed E-state index contributed by atoms with van der Waals surface area (Å²) in [5, 5.41) is 5.67. The molecule has 3 aromatic rings. The third-order valence-electron chi connectivity index (χ3n) is 6.48. The van der Waals surface area contributed by atoms with E-state index >= 15 is 0 Å². The van der Waals surface area contributed by atoms with Crippen molar-refractivity contribution in [2.24, 2.45) is 5.73 Å². The van der Waals surface area contributed by atoms with Crippen LogP contribution in [0.2, 0.25) is 0 Å². The molecule has 216 valence electrons. The number of nitrogens with two attached hydrogens (primary N) is 1. The fraction of sp³-hybridized carbons (Fsp3) is 0.312. The number of primary amides is 1. The van der Waals surface area contributed by atoms with E-state index < -0.39 is 35.8 Å². The molecule has 1 aromatic heterocycles. The van der Waals surface area contributed by atoms with Gasteiger partial charge in [0.15, 0.2) is 0 Å². The predicted octanol–water partition coefficient (Wildman–Crippen LogP) is 4.02. The van der Waals surface area contributed by atoms with Crippen LogP contribution in [-0.4, -0.2) is 47.4 Å². The van der Waals surface area contributed by atoms with Crippen LogP contribution in [0.15, 0.2) is 78.9 Å². The molecule has 0 saturated carbocycles. The number of carbonyl (C=O) groups excluding carboxylic acids is 4. The van der Waals surface area contributed by atoms with Crippen LogP contribution in [0, 0.1) is 0 Å². The minimum atomic E-state index is -0.937. The summed E-state index contributed by atoms with van der Waals surface area (Å²) in [4.78, 5) is 53.2. The largest absolute Gasteiger partial charge is 0.463 e. The molecule has 0 spiro atoms. The van der Waals surface area contributed by atoms with Crippen LogP contribution >= 0.6 is 0 Å². The van der Waals surface area contributed by atoms with Crippen molar-refractivity contribution in [3.63, 3.8) is 0 Å². The summed E-state index contributed by atoms with van der Waals surface area (Å²) in [7, 11) is 0. The Morgan fingerprint density at radius 3 is 2.41 bits per heavy atom. The second kappa shape index (κ2) is 15.2. The first kappa shape index (κ1) is 30.9. The Bertz CT molecular complexity index is 1360. The molecule has 1 heterocycles. The normalized spacial score (nSPS) is 12.6. The molecule has 0 aliphatic rings.